The Morgan fingerprint density at radius 3 is 2.01 bits per heavy atom. The number of amides is 2. The number of halogens is 1. The smallest absolute Gasteiger partial charge is 0.315 e. The molecular weight excluding hydrogens is 970 g/mol. The first-order chi connectivity index (χ1) is 35.2. The number of aromatic nitrogens is 14. The van der Waals surface area contributed by atoms with Crippen LogP contribution >= 0.6 is 11.6 Å². The maximum Gasteiger partial charge on any atom is 0.315 e. The van der Waals surface area contributed by atoms with Gasteiger partial charge in [-0.3, -0.25) is 29.1 Å². The third kappa shape index (κ3) is 9.46. The van der Waals surface area contributed by atoms with Gasteiger partial charge < -0.3 is 29.6 Å². The molecule has 0 saturated heterocycles. The number of nitro benzene ring substituents is 1. The van der Waals surface area contributed by atoms with Crippen molar-refractivity contribution >= 4 is 51.4 Å². The monoisotopic (exact) mass is 1020 g/mol. The number of imidazole rings is 2. The van der Waals surface area contributed by atoms with Crippen LogP contribution in [0.4, 0.5) is 5.69 Å². The summed E-state index contributed by atoms with van der Waals surface area (Å²) in [6.45, 7) is 15.0. The van der Waals surface area contributed by atoms with E-state index in [0.29, 0.717) is 84.2 Å². The Morgan fingerprint density at radius 2 is 1.38 bits per heavy atom. The van der Waals surface area contributed by atoms with Gasteiger partial charge in [0.2, 0.25) is 0 Å². The van der Waals surface area contributed by atoms with E-state index in [-0.39, 0.29) is 35.0 Å². The van der Waals surface area contributed by atoms with E-state index in [9.17, 15) is 19.7 Å². The summed E-state index contributed by atoms with van der Waals surface area (Å²) in [4.78, 5) is 72.5. The van der Waals surface area contributed by atoms with Gasteiger partial charge >= 0.3 is 23.6 Å². The van der Waals surface area contributed by atoms with E-state index in [1.165, 1.54) is 6.07 Å². The van der Waals surface area contributed by atoms with Crippen LogP contribution in [-0.2, 0) is 24.4 Å². The van der Waals surface area contributed by atoms with Crippen LogP contribution in [-0.4, -0.2) is 86.5 Å². The van der Waals surface area contributed by atoms with E-state index in [1.54, 1.807) is 47.1 Å². The molecule has 8 heterocycles. The number of rotatable bonds is 13. The summed E-state index contributed by atoms with van der Waals surface area (Å²) in [6.07, 6.45) is 8.68. The molecule has 2 atom stereocenters. The van der Waals surface area contributed by atoms with Crippen molar-refractivity contribution in [3.8, 4) is 45.0 Å². The van der Waals surface area contributed by atoms with Crippen molar-refractivity contribution in [3.05, 3.63) is 135 Å². The minimum atomic E-state index is -0.661. The minimum absolute atomic E-state index is 0.131. The largest absolute Gasteiger partial charge is 0.343 e. The van der Waals surface area contributed by atoms with Crippen LogP contribution in [0.1, 0.15) is 117 Å². The Balaban J connectivity index is 0.921. The SMILES string of the molecule is CC(c1cc(-c2ccc(CNC(=O)c3nc(C(C)(C)C)no3)c([N+](=O)[O-])c2)c2[nH]c(-c3cnn(C)c3)nc2n1)n1cc(-c2nc3nccc(-c4ccc([C@@H](C)NC(=O)c5nc(C(C)(C)C)no5)c(Cl)c4)c3[nH]2)cn1. The van der Waals surface area contributed by atoms with Crippen molar-refractivity contribution in [3.63, 3.8) is 0 Å². The first-order valence-corrected chi connectivity index (χ1v) is 23.7. The Labute approximate surface area is 425 Å². The van der Waals surface area contributed by atoms with Gasteiger partial charge in [-0.25, -0.2) is 19.9 Å². The molecule has 0 spiro atoms. The molecule has 0 radical (unpaired) electrons. The molecule has 8 aromatic heterocycles. The molecule has 376 valence electrons. The molecule has 74 heavy (non-hydrogen) atoms. The predicted molar refractivity (Wildman–Crippen MR) is 271 cm³/mol. The zero-order valence-corrected chi connectivity index (χ0v) is 42.3. The molecule has 4 N–H and O–H groups in total. The van der Waals surface area contributed by atoms with Crippen LogP contribution in [0.2, 0.25) is 5.02 Å². The zero-order valence-electron chi connectivity index (χ0n) is 41.5. The van der Waals surface area contributed by atoms with Gasteiger partial charge in [0.05, 0.1) is 63.8 Å². The molecule has 0 fully saturated rings. The number of carbonyl (C=O) groups is 2. The molecule has 0 aliphatic carbocycles. The van der Waals surface area contributed by atoms with Crippen molar-refractivity contribution in [2.45, 2.75) is 84.8 Å². The van der Waals surface area contributed by atoms with Gasteiger partial charge in [-0.1, -0.05) is 81.7 Å². The molecule has 1 unspecified atom stereocenters. The molecule has 0 aliphatic heterocycles. The molecule has 0 aliphatic rings. The molecule has 0 saturated carbocycles. The highest BCUT2D eigenvalue weighted by Crippen LogP contribution is 2.37. The Bertz CT molecular complexity index is 3810. The number of aryl methyl sites for hydroxylation is 1. The van der Waals surface area contributed by atoms with Gasteiger partial charge in [0.1, 0.15) is 11.6 Å². The third-order valence-corrected chi connectivity index (χ3v) is 12.6. The van der Waals surface area contributed by atoms with Crippen LogP contribution in [0.15, 0.2) is 88.6 Å². The third-order valence-electron chi connectivity index (χ3n) is 12.3. The number of nitrogens with one attached hydrogen (secondary N) is 4. The second kappa shape index (κ2) is 18.6. The number of carbonyl (C=O) groups excluding carboxylic acids is 2. The van der Waals surface area contributed by atoms with Crippen molar-refractivity contribution in [1.29, 1.82) is 0 Å². The Kier molecular flexibility index (Phi) is 12.2. The minimum Gasteiger partial charge on any atom is -0.343 e. The van der Waals surface area contributed by atoms with Crippen molar-refractivity contribution in [2.24, 2.45) is 7.05 Å². The van der Waals surface area contributed by atoms with Gasteiger partial charge in [-0.2, -0.15) is 20.2 Å². The Morgan fingerprint density at radius 1 is 0.757 bits per heavy atom. The summed E-state index contributed by atoms with van der Waals surface area (Å²) >= 11 is 6.87. The lowest BCUT2D eigenvalue weighted by Crippen LogP contribution is -2.27. The fourth-order valence-electron chi connectivity index (χ4n) is 8.15. The predicted octanol–water partition coefficient (Wildman–Crippen LogP) is 8.78. The Hall–Kier alpha value is -8.99. The van der Waals surface area contributed by atoms with E-state index in [4.69, 9.17) is 40.7 Å². The molecule has 10 aromatic rings. The number of nitro groups is 1. The maximum atomic E-state index is 13.0. The van der Waals surface area contributed by atoms with E-state index in [2.05, 4.69) is 51.0 Å². The highest BCUT2D eigenvalue weighted by atomic mass is 35.5. The summed E-state index contributed by atoms with van der Waals surface area (Å²) in [5, 5.41) is 35.5. The lowest BCUT2D eigenvalue weighted by atomic mass is 9.96. The summed E-state index contributed by atoms with van der Waals surface area (Å²) in [6, 6.07) is 13.1. The lowest BCUT2D eigenvalue weighted by molar-refractivity contribution is -0.385. The van der Waals surface area contributed by atoms with Gasteiger partial charge in [-0.15, -0.1) is 0 Å². The number of fused-ring (bicyclic) bond motifs is 2. The molecule has 23 nitrogen and oxygen atoms in total. The molecule has 10 rings (SSSR count). The number of pyridine rings is 2. The van der Waals surface area contributed by atoms with E-state index in [1.807, 2.05) is 98.1 Å². The number of H-pyrrole nitrogens is 2. The van der Waals surface area contributed by atoms with E-state index >= 15 is 0 Å². The number of benzene rings is 2. The second-order valence-corrected chi connectivity index (χ2v) is 20.3. The highest BCUT2D eigenvalue weighted by Gasteiger charge is 2.28. The first kappa shape index (κ1) is 48.6. The average molecular weight is 1020 g/mol. The number of hydrogen-bond donors (Lipinski definition) is 4. The molecule has 0 bridgehead atoms. The summed E-state index contributed by atoms with van der Waals surface area (Å²) in [7, 11) is 1.80. The van der Waals surface area contributed by atoms with Crippen LogP contribution in [0.3, 0.4) is 0 Å². The summed E-state index contributed by atoms with van der Waals surface area (Å²) in [5.41, 5.74) is 6.56. The van der Waals surface area contributed by atoms with Gasteiger partial charge in [0.25, 0.3) is 5.69 Å². The van der Waals surface area contributed by atoms with Gasteiger partial charge in [-0.05, 0) is 54.8 Å². The molecular formula is C50H48ClN17O6. The van der Waals surface area contributed by atoms with Crippen molar-refractivity contribution in [1.82, 2.24) is 80.4 Å². The summed E-state index contributed by atoms with van der Waals surface area (Å²) in [5.74, 6) is 0.252. The second-order valence-electron chi connectivity index (χ2n) is 19.9. The van der Waals surface area contributed by atoms with Crippen LogP contribution in [0, 0.1) is 10.1 Å². The summed E-state index contributed by atoms with van der Waals surface area (Å²) < 4.78 is 13.8. The number of nitrogens with zero attached hydrogens (tertiary/aromatic N) is 13. The maximum absolute atomic E-state index is 13.0. The van der Waals surface area contributed by atoms with Gasteiger partial charge in [0.15, 0.2) is 22.9 Å². The lowest BCUT2D eigenvalue weighted by Gasteiger charge is -2.16. The molecule has 2 amide bonds. The van der Waals surface area contributed by atoms with Gasteiger partial charge in [0, 0.05) is 64.2 Å². The van der Waals surface area contributed by atoms with Crippen LogP contribution < -0.4 is 10.6 Å². The van der Waals surface area contributed by atoms with E-state index < -0.39 is 34.2 Å². The fraction of sp³-hybridized carbons (Fsp3) is 0.280. The number of hydrogen-bond acceptors (Lipinski definition) is 16. The highest BCUT2D eigenvalue weighted by molar-refractivity contribution is 6.31. The first-order valence-electron chi connectivity index (χ1n) is 23.3. The molecule has 24 heteroatoms. The van der Waals surface area contributed by atoms with E-state index in [0.717, 1.165) is 11.1 Å². The number of aromatic amines is 2. The van der Waals surface area contributed by atoms with Crippen LogP contribution in [0.25, 0.3) is 67.4 Å². The topological polar surface area (TPSA) is 298 Å². The zero-order chi connectivity index (χ0) is 52.4. The quantitative estimate of drug-likeness (QED) is 0.0619. The van der Waals surface area contributed by atoms with Crippen molar-refractivity contribution < 1.29 is 23.6 Å². The van der Waals surface area contributed by atoms with Crippen molar-refractivity contribution in [2.75, 3.05) is 0 Å². The fourth-order valence-corrected chi connectivity index (χ4v) is 8.49. The average Bonchev–Trinajstić information content (AvgIpc) is 4.22. The standard InChI is InChI=1S/C50H48ClN17O6/c1-24(56-44(70)46-63-48(65-74-46)50(6,7)8)31-13-12-26(16-34(31)51)32-14-15-52-41-37(32)58-40(60-41)30-21-55-67(23-30)25(2)35-18-33(38-42(57-35)61-39(59-38)29-20-54-66(9)22-29)27-10-11-28(36(17-27)68(71)72)19-53-43(69)45-62-47(64-73-45)49(3,4)5/h10-18,20-25H,19H2,1-9H3,(H,53,69)(H,56,70)(H,52,58,60)(H,57,59,61)/t24-,25?/m1/s1. The van der Waals surface area contributed by atoms with Crippen LogP contribution in [0.5, 0.6) is 0 Å². The normalized spacial score (nSPS) is 12.9. The molecule has 2 aromatic carbocycles.